The number of pyridine rings is 1. The molecule has 1 aromatic carbocycles. The van der Waals surface area contributed by atoms with E-state index in [2.05, 4.69) is 23.0 Å². The number of nitrogens with zero attached hydrogens (tertiary/aromatic N) is 4. The molecule has 1 aliphatic rings. The third kappa shape index (κ3) is 3.28. The van der Waals surface area contributed by atoms with Gasteiger partial charge in [-0.1, -0.05) is 25.1 Å². The summed E-state index contributed by atoms with van der Waals surface area (Å²) in [4.78, 5) is 15.5. The highest BCUT2D eigenvalue weighted by atomic mass is 35.5. The maximum absolute atomic E-state index is 6.10. The number of anilines is 2. The van der Waals surface area contributed by atoms with Gasteiger partial charge in [0.05, 0.1) is 5.56 Å². The van der Waals surface area contributed by atoms with Crippen LogP contribution in [0.3, 0.4) is 0 Å². The fourth-order valence-electron chi connectivity index (χ4n) is 2.74. The molecule has 3 rings (SSSR count). The molecule has 2 heterocycles. The summed E-state index contributed by atoms with van der Waals surface area (Å²) in [6.07, 6.45) is 4.60. The number of hydrogen-bond donors (Lipinski definition) is 1. The lowest BCUT2D eigenvalue weighted by molar-refractivity contribution is 1.19. The van der Waals surface area contributed by atoms with E-state index in [1.165, 1.54) is 0 Å². The van der Waals surface area contributed by atoms with Gasteiger partial charge in [-0.2, -0.15) is 0 Å². The molecule has 0 saturated carbocycles. The topological polar surface area (TPSA) is 66.9 Å². The highest BCUT2D eigenvalue weighted by molar-refractivity contribution is 6.34. The largest absolute Gasteiger partial charge is 0.383 e. The Morgan fingerprint density at radius 2 is 2.00 bits per heavy atom. The number of nitrogens with two attached hydrogens (primary N) is 1. The van der Waals surface area contributed by atoms with Gasteiger partial charge in [-0.15, -0.1) is 11.6 Å². The monoisotopic (exact) mass is 353 g/mol. The van der Waals surface area contributed by atoms with Crippen LogP contribution in [0.25, 0.3) is 0 Å². The van der Waals surface area contributed by atoms with E-state index in [1.807, 2.05) is 41.3 Å². The Hall–Kier alpha value is -2.66. The van der Waals surface area contributed by atoms with Crippen molar-refractivity contribution in [1.82, 2.24) is 4.98 Å². The molecule has 2 aromatic rings. The van der Waals surface area contributed by atoms with Gasteiger partial charge < -0.3 is 5.73 Å². The summed E-state index contributed by atoms with van der Waals surface area (Å²) in [5, 5.41) is 0. The zero-order valence-electron chi connectivity index (χ0n) is 14.3. The predicted molar refractivity (Wildman–Crippen MR) is 105 cm³/mol. The molecule has 2 N–H and O–H groups in total. The molecule has 0 radical (unpaired) electrons. The number of aromatic nitrogens is 1. The van der Waals surface area contributed by atoms with E-state index in [9.17, 15) is 0 Å². The third-order valence-electron chi connectivity index (χ3n) is 3.92. The van der Waals surface area contributed by atoms with Crippen LogP contribution in [-0.4, -0.2) is 23.7 Å². The predicted octanol–water partition coefficient (Wildman–Crippen LogP) is 3.99. The molecule has 0 bridgehead atoms. The van der Waals surface area contributed by atoms with Gasteiger partial charge in [-0.3, -0.25) is 9.89 Å². The number of amidine groups is 2. The normalized spacial score (nSPS) is 17.4. The van der Waals surface area contributed by atoms with Crippen molar-refractivity contribution in [3.8, 4) is 0 Å². The maximum Gasteiger partial charge on any atom is 0.159 e. The highest BCUT2D eigenvalue weighted by Gasteiger charge is 2.31. The van der Waals surface area contributed by atoms with E-state index in [0.29, 0.717) is 11.7 Å². The van der Waals surface area contributed by atoms with Crippen LogP contribution in [0.4, 0.5) is 11.5 Å². The number of alkyl halides is 1. The van der Waals surface area contributed by atoms with Gasteiger partial charge in [0.2, 0.25) is 0 Å². The Morgan fingerprint density at radius 1 is 1.24 bits per heavy atom. The molecule has 6 heteroatoms. The molecule has 128 valence electrons. The van der Waals surface area contributed by atoms with E-state index in [4.69, 9.17) is 22.3 Å². The number of aliphatic imine (C=N–C) groups is 2. The van der Waals surface area contributed by atoms with Gasteiger partial charge in [0.15, 0.2) is 11.7 Å². The van der Waals surface area contributed by atoms with Crippen molar-refractivity contribution in [3.05, 3.63) is 65.5 Å². The Labute approximate surface area is 152 Å². The van der Waals surface area contributed by atoms with Crippen LogP contribution in [0, 0.1) is 0 Å². The van der Waals surface area contributed by atoms with Crippen LogP contribution in [0.5, 0.6) is 0 Å². The Kier molecular flexibility index (Phi) is 5.14. The third-order valence-corrected chi connectivity index (χ3v) is 4.23. The van der Waals surface area contributed by atoms with Gasteiger partial charge >= 0.3 is 0 Å². The van der Waals surface area contributed by atoms with Crippen LogP contribution in [0.2, 0.25) is 0 Å². The summed E-state index contributed by atoms with van der Waals surface area (Å²) in [6, 6.07) is 11.8. The molecule has 5 nitrogen and oxygen atoms in total. The number of nitrogen functional groups attached to an aromatic ring is 1. The summed E-state index contributed by atoms with van der Waals surface area (Å²) < 4.78 is 0. The van der Waals surface area contributed by atoms with Crippen LogP contribution >= 0.6 is 11.6 Å². The Bertz CT molecular complexity index is 852. The molecule has 0 saturated heterocycles. The molecule has 0 spiro atoms. The second kappa shape index (κ2) is 7.49. The minimum absolute atomic E-state index is 0.442. The fourth-order valence-corrected chi connectivity index (χ4v) is 2.92. The summed E-state index contributed by atoms with van der Waals surface area (Å²) in [6.45, 7) is 2.08. The minimum Gasteiger partial charge on any atom is -0.383 e. The summed E-state index contributed by atoms with van der Waals surface area (Å²) >= 11 is 5.91. The molecule has 0 amide bonds. The van der Waals surface area contributed by atoms with Crippen molar-refractivity contribution < 1.29 is 0 Å². The molecule has 25 heavy (non-hydrogen) atoms. The second-order valence-electron chi connectivity index (χ2n) is 5.55. The van der Waals surface area contributed by atoms with Crippen molar-refractivity contribution in [2.45, 2.75) is 19.2 Å². The van der Waals surface area contributed by atoms with Crippen molar-refractivity contribution in [2.24, 2.45) is 9.98 Å². The molecule has 0 atom stereocenters. The average Bonchev–Trinajstić information content (AvgIpc) is 3.00. The number of allylic oxidation sites excluding steroid dienone is 1. The van der Waals surface area contributed by atoms with E-state index in [0.717, 1.165) is 40.6 Å². The lowest BCUT2D eigenvalue weighted by atomic mass is 10.1. The first-order chi connectivity index (χ1) is 12.2. The van der Waals surface area contributed by atoms with Gasteiger partial charge in [-0.05, 0) is 36.2 Å². The standard InChI is InChI=1S/C19H20ClN5/c1-3-5-16-19(22-2)25(14-9-7-13(12-20)8-10-14)18(24-16)15-6-4-11-23-17(15)21/h4-11H,3,12H2,1-2H3,(H2,21,23)/b16-5+,22-19?. The molecule has 1 aliphatic heterocycles. The van der Waals surface area contributed by atoms with Crippen LogP contribution < -0.4 is 10.6 Å². The van der Waals surface area contributed by atoms with E-state index in [-0.39, 0.29) is 0 Å². The average molecular weight is 354 g/mol. The number of rotatable bonds is 4. The number of benzene rings is 1. The van der Waals surface area contributed by atoms with Gasteiger partial charge in [-0.25, -0.2) is 9.98 Å². The summed E-state index contributed by atoms with van der Waals surface area (Å²) in [5.74, 6) is 2.44. The molecule has 0 aliphatic carbocycles. The zero-order chi connectivity index (χ0) is 17.8. The molecule has 0 fully saturated rings. The quantitative estimate of drug-likeness (QED) is 0.845. The first kappa shape index (κ1) is 17.2. The van der Waals surface area contributed by atoms with E-state index < -0.39 is 0 Å². The molecule has 1 aromatic heterocycles. The van der Waals surface area contributed by atoms with Crippen molar-refractivity contribution >= 4 is 34.8 Å². The molecular weight excluding hydrogens is 334 g/mol. The van der Waals surface area contributed by atoms with Crippen LogP contribution in [0.1, 0.15) is 24.5 Å². The SMILES string of the molecule is CC/C=C1/N=C(c2cccnc2N)N(c2ccc(CCl)cc2)C1=NC. The van der Waals surface area contributed by atoms with E-state index >= 15 is 0 Å². The summed E-state index contributed by atoms with van der Waals surface area (Å²) in [5.41, 5.74) is 9.73. The Balaban J connectivity index is 2.15. The highest BCUT2D eigenvalue weighted by Crippen LogP contribution is 2.29. The second-order valence-corrected chi connectivity index (χ2v) is 5.82. The minimum atomic E-state index is 0.442. The summed E-state index contributed by atoms with van der Waals surface area (Å²) in [7, 11) is 1.77. The lowest BCUT2D eigenvalue weighted by Crippen LogP contribution is -2.33. The van der Waals surface area contributed by atoms with Crippen LogP contribution in [-0.2, 0) is 5.88 Å². The first-order valence-corrected chi connectivity index (χ1v) is 8.65. The molecule has 0 unspecified atom stereocenters. The molecular formula is C19H20ClN5. The lowest BCUT2D eigenvalue weighted by Gasteiger charge is -2.22. The zero-order valence-corrected chi connectivity index (χ0v) is 15.0. The van der Waals surface area contributed by atoms with E-state index in [1.54, 1.807) is 13.2 Å². The van der Waals surface area contributed by atoms with Gasteiger partial charge in [0, 0.05) is 24.8 Å². The number of hydrogen-bond acceptors (Lipinski definition) is 4. The van der Waals surface area contributed by atoms with Crippen molar-refractivity contribution in [2.75, 3.05) is 17.7 Å². The number of halogens is 1. The van der Waals surface area contributed by atoms with Gasteiger partial charge in [0.25, 0.3) is 0 Å². The van der Waals surface area contributed by atoms with Gasteiger partial charge in [0.1, 0.15) is 11.5 Å². The Morgan fingerprint density at radius 3 is 2.60 bits per heavy atom. The first-order valence-electron chi connectivity index (χ1n) is 8.11. The smallest absolute Gasteiger partial charge is 0.159 e. The van der Waals surface area contributed by atoms with Crippen molar-refractivity contribution in [3.63, 3.8) is 0 Å². The fraction of sp³-hybridized carbons (Fsp3) is 0.211. The maximum atomic E-state index is 6.10. The van der Waals surface area contributed by atoms with Crippen LogP contribution in [0.15, 0.2) is 64.4 Å². The van der Waals surface area contributed by atoms with Crippen molar-refractivity contribution in [1.29, 1.82) is 0 Å².